The molecule has 0 bridgehead atoms. The molecule has 0 atom stereocenters. The molecule has 6 heteroatoms. The summed E-state index contributed by atoms with van der Waals surface area (Å²) in [5, 5.41) is -0.0591. The van der Waals surface area contributed by atoms with Gasteiger partial charge in [0.1, 0.15) is 11.6 Å². The molecular weight excluding hydrogens is 250 g/mol. The molecule has 0 aliphatic rings. The van der Waals surface area contributed by atoms with Gasteiger partial charge in [0.15, 0.2) is 0 Å². The molecule has 0 spiro atoms. The van der Waals surface area contributed by atoms with Crippen LogP contribution in [0.15, 0.2) is 29.1 Å². The highest BCUT2D eigenvalue weighted by Gasteiger charge is 2.10. The molecule has 0 saturated carbocycles. The summed E-state index contributed by atoms with van der Waals surface area (Å²) in [7, 11) is 1.45. The molecule has 0 unspecified atom stereocenters. The normalized spacial score (nSPS) is 10.6. The monoisotopic (exact) mass is 256 g/mol. The second-order valence-electron chi connectivity index (χ2n) is 3.43. The average molecular weight is 257 g/mol. The third-order valence-electron chi connectivity index (χ3n) is 2.29. The van der Waals surface area contributed by atoms with Crippen molar-refractivity contribution in [2.45, 2.75) is 0 Å². The molecule has 0 aliphatic carbocycles. The molecule has 3 nitrogen and oxygen atoms in total. The molecular formula is C11H7ClF2N2O. The van der Waals surface area contributed by atoms with E-state index in [9.17, 15) is 13.6 Å². The Hall–Kier alpha value is -1.75. The average Bonchev–Trinajstić information content (AvgIpc) is 2.25. The van der Waals surface area contributed by atoms with E-state index in [-0.39, 0.29) is 16.5 Å². The smallest absolute Gasteiger partial charge is 0.254 e. The van der Waals surface area contributed by atoms with E-state index in [0.717, 1.165) is 22.8 Å². The predicted molar refractivity (Wildman–Crippen MR) is 59.8 cm³/mol. The number of halogens is 3. The van der Waals surface area contributed by atoms with Gasteiger partial charge in [0, 0.05) is 24.7 Å². The third-order valence-corrected chi connectivity index (χ3v) is 2.63. The van der Waals surface area contributed by atoms with Crippen molar-refractivity contribution in [2.75, 3.05) is 0 Å². The molecule has 17 heavy (non-hydrogen) atoms. The van der Waals surface area contributed by atoms with Crippen LogP contribution in [0.5, 0.6) is 0 Å². The molecule has 0 saturated heterocycles. The number of hydrogen-bond acceptors (Lipinski definition) is 2. The van der Waals surface area contributed by atoms with Gasteiger partial charge in [0.2, 0.25) is 5.28 Å². The Morgan fingerprint density at radius 1 is 1.29 bits per heavy atom. The van der Waals surface area contributed by atoms with Crippen LogP contribution in [-0.2, 0) is 7.05 Å². The Balaban J connectivity index is 2.65. The van der Waals surface area contributed by atoms with E-state index < -0.39 is 17.2 Å². The lowest BCUT2D eigenvalue weighted by atomic mass is 10.1. The lowest BCUT2D eigenvalue weighted by molar-refractivity contribution is 0.585. The molecule has 1 aromatic heterocycles. The minimum atomic E-state index is -0.790. The van der Waals surface area contributed by atoms with Gasteiger partial charge >= 0.3 is 0 Å². The molecule has 0 aliphatic heterocycles. The minimum absolute atomic E-state index is 0.0333. The van der Waals surface area contributed by atoms with Gasteiger partial charge in [-0.05, 0) is 23.7 Å². The van der Waals surface area contributed by atoms with Crippen molar-refractivity contribution in [3.63, 3.8) is 0 Å². The lowest BCUT2D eigenvalue weighted by Crippen LogP contribution is -2.17. The van der Waals surface area contributed by atoms with Gasteiger partial charge in [0.25, 0.3) is 5.56 Å². The predicted octanol–water partition coefficient (Wildman–Crippen LogP) is 2.38. The lowest BCUT2D eigenvalue weighted by Gasteiger charge is -2.05. The molecule has 88 valence electrons. The Morgan fingerprint density at radius 2 is 2.00 bits per heavy atom. The van der Waals surface area contributed by atoms with E-state index in [4.69, 9.17) is 11.6 Å². The van der Waals surface area contributed by atoms with Gasteiger partial charge in [-0.25, -0.2) is 13.8 Å². The summed E-state index contributed by atoms with van der Waals surface area (Å²) in [4.78, 5) is 15.3. The number of benzene rings is 1. The second kappa shape index (κ2) is 4.25. The Kier molecular flexibility index (Phi) is 2.93. The van der Waals surface area contributed by atoms with Crippen LogP contribution in [0.25, 0.3) is 11.3 Å². The first-order valence-electron chi connectivity index (χ1n) is 4.68. The zero-order valence-corrected chi connectivity index (χ0v) is 9.50. The molecule has 1 aromatic carbocycles. The summed E-state index contributed by atoms with van der Waals surface area (Å²) in [6.45, 7) is 0. The van der Waals surface area contributed by atoms with Crippen molar-refractivity contribution < 1.29 is 8.78 Å². The fraction of sp³-hybridized carbons (Fsp3) is 0.0909. The maximum atomic E-state index is 13.5. The van der Waals surface area contributed by atoms with E-state index in [1.807, 2.05) is 0 Å². The molecule has 2 rings (SSSR count). The summed E-state index contributed by atoms with van der Waals surface area (Å²) in [5.41, 5.74) is -0.301. The summed E-state index contributed by atoms with van der Waals surface area (Å²) < 4.78 is 27.3. The number of aromatic nitrogens is 2. The van der Waals surface area contributed by atoms with Crippen molar-refractivity contribution >= 4 is 11.6 Å². The van der Waals surface area contributed by atoms with E-state index in [0.29, 0.717) is 0 Å². The summed E-state index contributed by atoms with van der Waals surface area (Å²) in [5.74, 6) is -1.48. The fourth-order valence-electron chi connectivity index (χ4n) is 1.35. The highest BCUT2D eigenvalue weighted by atomic mass is 35.5. The number of hydrogen-bond donors (Lipinski definition) is 0. The summed E-state index contributed by atoms with van der Waals surface area (Å²) in [6, 6.07) is 4.17. The maximum Gasteiger partial charge on any atom is 0.254 e. The van der Waals surface area contributed by atoms with Crippen LogP contribution in [0.3, 0.4) is 0 Å². The third kappa shape index (κ3) is 2.19. The van der Waals surface area contributed by atoms with Crippen LogP contribution in [0, 0.1) is 11.6 Å². The Bertz CT molecular complexity index is 640. The van der Waals surface area contributed by atoms with Gasteiger partial charge in [-0.3, -0.25) is 9.36 Å². The molecule has 2 aromatic rings. The SMILES string of the molecule is Cn1c(Cl)nc(-c2ccc(F)cc2F)cc1=O. The molecule has 0 amide bonds. The van der Waals surface area contributed by atoms with Crippen LogP contribution in [0.4, 0.5) is 8.78 Å². The Morgan fingerprint density at radius 3 is 2.59 bits per heavy atom. The highest BCUT2D eigenvalue weighted by molar-refractivity contribution is 6.28. The first-order valence-corrected chi connectivity index (χ1v) is 5.06. The van der Waals surface area contributed by atoms with Crippen LogP contribution in [-0.4, -0.2) is 9.55 Å². The zero-order valence-electron chi connectivity index (χ0n) is 8.75. The van der Waals surface area contributed by atoms with Crippen LogP contribution >= 0.6 is 11.6 Å². The summed E-state index contributed by atoms with van der Waals surface area (Å²) >= 11 is 5.71. The number of rotatable bonds is 1. The van der Waals surface area contributed by atoms with E-state index in [2.05, 4.69) is 4.98 Å². The largest absolute Gasteiger partial charge is 0.286 e. The molecule has 0 N–H and O–H groups in total. The van der Waals surface area contributed by atoms with Gasteiger partial charge < -0.3 is 0 Å². The van der Waals surface area contributed by atoms with Crippen molar-refractivity contribution in [3.05, 3.63) is 51.5 Å². The number of nitrogens with zero attached hydrogens (tertiary/aromatic N) is 2. The molecule has 0 fully saturated rings. The van der Waals surface area contributed by atoms with Gasteiger partial charge in [-0.2, -0.15) is 0 Å². The fourth-order valence-corrected chi connectivity index (χ4v) is 1.52. The topological polar surface area (TPSA) is 34.9 Å². The van der Waals surface area contributed by atoms with E-state index in [1.54, 1.807) is 0 Å². The zero-order chi connectivity index (χ0) is 12.6. The van der Waals surface area contributed by atoms with Gasteiger partial charge in [0.05, 0.1) is 5.69 Å². The van der Waals surface area contributed by atoms with Gasteiger partial charge in [-0.1, -0.05) is 0 Å². The molecule has 1 heterocycles. The van der Waals surface area contributed by atoms with Gasteiger partial charge in [-0.15, -0.1) is 0 Å². The van der Waals surface area contributed by atoms with E-state index >= 15 is 0 Å². The van der Waals surface area contributed by atoms with Crippen LogP contribution < -0.4 is 5.56 Å². The van der Waals surface area contributed by atoms with Crippen molar-refractivity contribution in [2.24, 2.45) is 7.05 Å². The van der Waals surface area contributed by atoms with Crippen molar-refractivity contribution in [3.8, 4) is 11.3 Å². The molecule has 0 radical (unpaired) electrons. The first kappa shape index (κ1) is 11.7. The van der Waals surface area contributed by atoms with Crippen LogP contribution in [0.2, 0.25) is 5.28 Å². The van der Waals surface area contributed by atoms with Crippen molar-refractivity contribution in [1.82, 2.24) is 9.55 Å². The first-order chi connectivity index (χ1) is 7.99. The standard InChI is InChI=1S/C11H7ClF2N2O/c1-16-10(17)5-9(15-11(16)12)7-3-2-6(13)4-8(7)14/h2-5H,1H3. The Labute approximate surface area is 100 Å². The van der Waals surface area contributed by atoms with Crippen molar-refractivity contribution in [1.29, 1.82) is 0 Å². The highest BCUT2D eigenvalue weighted by Crippen LogP contribution is 2.21. The quantitative estimate of drug-likeness (QED) is 0.735. The summed E-state index contributed by atoms with van der Waals surface area (Å²) in [6.07, 6.45) is 0. The maximum absolute atomic E-state index is 13.5. The van der Waals surface area contributed by atoms with Crippen LogP contribution in [0.1, 0.15) is 0 Å². The second-order valence-corrected chi connectivity index (χ2v) is 3.77. The van der Waals surface area contributed by atoms with E-state index in [1.165, 1.54) is 13.1 Å². The minimum Gasteiger partial charge on any atom is -0.286 e.